The Balaban J connectivity index is 1.43. The zero-order chi connectivity index (χ0) is 20.6. The predicted molar refractivity (Wildman–Crippen MR) is 123 cm³/mol. The van der Waals surface area contributed by atoms with Gasteiger partial charge in [0.15, 0.2) is 0 Å². The number of benzene rings is 1. The standard InChI is InChI=1S/C26H45NO2/c1-2-3-4-5-6-7-8-9-10-11-12-13-14-23-15-17-24(18-16-23)22-29-26-19-25(21-28)27-20-26/h15-18,25-28H,2-14,19-22H2,1H3/t25-,26+/m0/s1. The van der Waals surface area contributed by atoms with E-state index in [1.807, 2.05) is 0 Å². The van der Waals surface area contributed by atoms with Crippen molar-refractivity contribution in [2.24, 2.45) is 0 Å². The Bertz CT molecular complexity index is 502. The van der Waals surface area contributed by atoms with Crippen LogP contribution < -0.4 is 5.32 Å². The molecule has 3 heteroatoms. The zero-order valence-corrected chi connectivity index (χ0v) is 18.8. The van der Waals surface area contributed by atoms with Crippen LogP contribution in [0.5, 0.6) is 0 Å². The smallest absolute Gasteiger partial charge is 0.0721 e. The lowest BCUT2D eigenvalue weighted by Crippen LogP contribution is -2.24. The third kappa shape index (κ3) is 11.2. The fourth-order valence-corrected chi connectivity index (χ4v) is 4.23. The van der Waals surface area contributed by atoms with Crippen LogP contribution >= 0.6 is 0 Å². The molecule has 1 aliphatic heterocycles. The molecule has 2 N–H and O–H groups in total. The van der Waals surface area contributed by atoms with Crippen molar-refractivity contribution < 1.29 is 9.84 Å². The molecule has 0 radical (unpaired) electrons. The Morgan fingerprint density at radius 3 is 1.93 bits per heavy atom. The maximum Gasteiger partial charge on any atom is 0.0721 e. The Kier molecular flexibility index (Phi) is 13.3. The van der Waals surface area contributed by atoms with Crippen LogP contribution in [0.1, 0.15) is 102 Å². The highest BCUT2D eigenvalue weighted by atomic mass is 16.5. The second-order valence-electron chi connectivity index (χ2n) is 8.91. The molecule has 0 aromatic heterocycles. The molecule has 0 unspecified atom stereocenters. The van der Waals surface area contributed by atoms with Gasteiger partial charge in [-0.2, -0.15) is 0 Å². The summed E-state index contributed by atoms with van der Waals surface area (Å²) in [4.78, 5) is 0. The van der Waals surface area contributed by atoms with E-state index < -0.39 is 0 Å². The number of unbranched alkanes of at least 4 members (excludes halogenated alkanes) is 11. The van der Waals surface area contributed by atoms with Crippen molar-refractivity contribution in [1.29, 1.82) is 0 Å². The van der Waals surface area contributed by atoms with Gasteiger partial charge in [0.2, 0.25) is 0 Å². The molecule has 2 rings (SSSR count). The van der Waals surface area contributed by atoms with E-state index in [1.165, 1.54) is 94.6 Å². The first kappa shape index (κ1) is 24.4. The van der Waals surface area contributed by atoms with Gasteiger partial charge in [0.1, 0.15) is 0 Å². The lowest BCUT2D eigenvalue weighted by Gasteiger charge is -2.11. The molecule has 1 fully saturated rings. The molecule has 1 aromatic rings. The zero-order valence-electron chi connectivity index (χ0n) is 18.8. The molecule has 166 valence electrons. The van der Waals surface area contributed by atoms with Gasteiger partial charge in [-0.1, -0.05) is 102 Å². The predicted octanol–water partition coefficient (Wildman–Crippen LogP) is 6.17. The molecule has 0 saturated carbocycles. The third-order valence-electron chi connectivity index (χ3n) is 6.23. The van der Waals surface area contributed by atoms with Crippen molar-refractivity contribution in [2.45, 2.75) is 116 Å². The average molecular weight is 404 g/mol. The van der Waals surface area contributed by atoms with Crippen molar-refractivity contribution in [3.63, 3.8) is 0 Å². The van der Waals surface area contributed by atoms with Crippen molar-refractivity contribution in [1.82, 2.24) is 5.32 Å². The molecule has 1 aromatic carbocycles. The molecular formula is C26H45NO2. The quantitative estimate of drug-likeness (QED) is 0.306. The van der Waals surface area contributed by atoms with Crippen LogP contribution in [0, 0.1) is 0 Å². The Hall–Kier alpha value is -0.900. The van der Waals surface area contributed by atoms with E-state index in [9.17, 15) is 0 Å². The van der Waals surface area contributed by atoms with Gasteiger partial charge in [-0.25, -0.2) is 0 Å². The van der Waals surface area contributed by atoms with E-state index >= 15 is 0 Å². The molecule has 1 aliphatic rings. The Morgan fingerprint density at radius 2 is 1.38 bits per heavy atom. The maximum atomic E-state index is 9.17. The topological polar surface area (TPSA) is 41.5 Å². The number of ether oxygens (including phenoxy) is 1. The minimum absolute atomic E-state index is 0.202. The Morgan fingerprint density at radius 1 is 0.828 bits per heavy atom. The summed E-state index contributed by atoms with van der Waals surface area (Å²) < 4.78 is 5.97. The molecule has 2 atom stereocenters. The molecule has 0 bridgehead atoms. The summed E-state index contributed by atoms with van der Waals surface area (Å²) in [6, 6.07) is 9.16. The highest BCUT2D eigenvalue weighted by Crippen LogP contribution is 2.16. The third-order valence-corrected chi connectivity index (χ3v) is 6.23. The molecule has 0 spiro atoms. The average Bonchev–Trinajstić information content (AvgIpc) is 3.22. The van der Waals surface area contributed by atoms with E-state index in [0.717, 1.165) is 13.0 Å². The van der Waals surface area contributed by atoms with E-state index in [1.54, 1.807) is 0 Å². The lowest BCUT2D eigenvalue weighted by atomic mass is 10.0. The van der Waals surface area contributed by atoms with Crippen LogP contribution in [-0.4, -0.2) is 30.4 Å². The van der Waals surface area contributed by atoms with E-state index in [2.05, 4.69) is 36.5 Å². The van der Waals surface area contributed by atoms with Gasteiger partial charge in [-0.15, -0.1) is 0 Å². The van der Waals surface area contributed by atoms with Crippen LogP contribution in [-0.2, 0) is 17.8 Å². The number of aliphatic hydroxyl groups excluding tert-OH is 1. The molecule has 0 aliphatic carbocycles. The number of rotatable bonds is 17. The monoisotopic (exact) mass is 403 g/mol. The summed E-state index contributed by atoms with van der Waals surface area (Å²) in [6.45, 7) is 4.01. The molecular weight excluding hydrogens is 358 g/mol. The summed E-state index contributed by atoms with van der Waals surface area (Å²) >= 11 is 0. The van der Waals surface area contributed by atoms with E-state index in [4.69, 9.17) is 9.84 Å². The van der Waals surface area contributed by atoms with Crippen molar-refractivity contribution in [2.75, 3.05) is 13.2 Å². The summed E-state index contributed by atoms with van der Waals surface area (Å²) in [5.41, 5.74) is 2.69. The molecule has 0 amide bonds. The van der Waals surface area contributed by atoms with Crippen LogP contribution in [0.2, 0.25) is 0 Å². The number of nitrogens with one attached hydrogen (secondary N) is 1. The van der Waals surface area contributed by atoms with Crippen LogP contribution in [0.3, 0.4) is 0 Å². The van der Waals surface area contributed by atoms with Crippen LogP contribution in [0.4, 0.5) is 0 Å². The van der Waals surface area contributed by atoms with Crippen molar-refractivity contribution >= 4 is 0 Å². The molecule has 1 heterocycles. The number of hydrogen-bond acceptors (Lipinski definition) is 3. The molecule has 1 saturated heterocycles. The van der Waals surface area contributed by atoms with Gasteiger partial charge in [0.05, 0.1) is 19.3 Å². The highest BCUT2D eigenvalue weighted by molar-refractivity contribution is 5.22. The van der Waals surface area contributed by atoms with Gasteiger partial charge < -0.3 is 15.2 Å². The van der Waals surface area contributed by atoms with Crippen molar-refractivity contribution in [3.8, 4) is 0 Å². The molecule has 29 heavy (non-hydrogen) atoms. The van der Waals surface area contributed by atoms with Gasteiger partial charge in [-0.3, -0.25) is 0 Å². The first-order valence-corrected chi connectivity index (χ1v) is 12.4. The normalized spacial score (nSPS) is 19.1. The van der Waals surface area contributed by atoms with E-state index in [-0.39, 0.29) is 18.8 Å². The van der Waals surface area contributed by atoms with Gasteiger partial charge in [0.25, 0.3) is 0 Å². The van der Waals surface area contributed by atoms with Gasteiger partial charge in [0, 0.05) is 12.6 Å². The summed E-state index contributed by atoms with van der Waals surface area (Å²) in [6.07, 6.45) is 19.2. The first-order chi connectivity index (χ1) is 14.3. The number of aryl methyl sites for hydroxylation is 1. The van der Waals surface area contributed by atoms with Crippen LogP contribution in [0.15, 0.2) is 24.3 Å². The fraction of sp³-hybridized carbons (Fsp3) is 0.769. The largest absolute Gasteiger partial charge is 0.395 e. The Labute approximate surface area is 179 Å². The molecule has 3 nitrogen and oxygen atoms in total. The SMILES string of the molecule is CCCCCCCCCCCCCCc1ccc(CO[C@H]2CN[C@H](CO)C2)cc1. The second kappa shape index (κ2) is 15.9. The summed E-state index contributed by atoms with van der Waals surface area (Å²) in [5, 5.41) is 12.5. The fourth-order valence-electron chi connectivity index (χ4n) is 4.23. The van der Waals surface area contributed by atoms with Crippen LogP contribution in [0.25, 0.3) is 0 Å². The highest BCUT2D eigenvalue weighted by Gasteiger charge is 2.23. The second-order valence-corrected chi connectivity index (χ2v) is 8.91. The van der Waals surface area contributed by atoms with E-state index in [0.29, 0.717) is 6.61 Å². The summed E-state index contributed by atoms with van der Waals surface area (Å²) in [7, 11) is 0. The summed E-state index contributed by atoms with van der Waals surface area (Å²) in [5.74, 6) is 0. The number of hydrogen-bond donors (Lipinski definition) is 2. The van der Waals surface area contributed by atoms with Gasteiger partial charge >= 0.3 is 0 Å². The van der Waals surface area contributed by atoms with Gasteiger partial charge in [-0.05, 0) is 30.4 Å². The minimum Gasteiger partial charge on any atom is -0.395 e. The first-order valence-electron chi connectivity index (χ1n) is 12.4. The number of aliphatic hydroxyl groups is 1. The maximum absolute atomic E-state index is 9.17. The van der Waals surface area contributed by atoms with Crippen molar-refractivity contribution in [3.05, 3.63) is 35.4 Å². The minimum atomic E-state index is 0.202. The lowest BCUT2D eigenvalue weighted by molar-refractivity contribution is 0.0512.